The molecule has 9 nitrogen and oxygen atoms in total. The van der Waals surface area contributed by atoms with Gasteiger partial charge in [-0.15, -0.1) is 10.2 Å². The molecule has 1 aliphatic heterocycles. The number of hydrogen-bond acceptors (Lipinski definition) is 6. The Kier molecular flexibility index (Phi) is 5.67. The Morgan fingerprint density at radius 1 is 1.20 bits per heavy atom. The van der Waals surface area contributed by atoms with Crippen LogP contribution in [0.1, 0.15) is 18.0 Å². The Morgan fingerprint density at radius 3 is 2.77 bits per heavy atom. The molecule has 4 aromatic rings. The van der Waals surface area contributed by atoms with Crippen LogP contribution in [0.3, 0.4) is 0 Å². The highest BCUT2D eigenvalue weighted by atomic mass is 19.4. The van der Waals surface area contributed by atoms with Crippen LogP contribution >= 0.6 is 0 Å². The fourth-order valence-corrected chi connectivity index (χ4v) is 4.57. The van der Waals surface area contributed by atoms with Gasteiger partial charge in [0, 0.05) is 30.7 Å². The molecule has 0 saturated carbocycles. The van der Waals surface area contributed by atoms with E-state index in [1.165, 1.54) is 34.7 Å². The summed E-state index contributed by atoms with van der Waals surface area (Å²) in [6.07, 6.45) is -4.17. The molecular formula is C23H21F3N6O3. The molecule has 0 aliphatic carbocycles. The van der Waals surface area contributed by atoms with E-state index in [4.69, 9.17) is 9.84 Å². The molecule has 2 atom stereocenters. The first-order valence-corrected chi connectivity index (χ1v) is 10.8. The number of benzene rings is 1. The first kappa shape index (κ1) is 22.8. The molecule has 0 bridgehead atoms. The molecule has 3 aromatic heterocycles. The predicted molar refractivity (Wildman–Crippen MR) is 120 cm³/mol. The van der Waals surface area contributed by atoms with Crippen LogP contribution in [-0.4, -0.2) is 68.1 Å². The summed E-state index contributed by atoms with van der Waals surface area (Å²) in [5, 5.41) is 20.3. The lowest BCUT2D eigenvalue weighted by atomic mass is 10.1. The molecule has 5 rings (SSSR count). The zero-order valence-electron chi connectivity index (χ0n) is 18.5. The molecule has 35 heavy (non-hydrogen) atoms. The zero-order valence-corrected chi connectivity index (χ0v) is 18.5. The first-order chi connectivity index (χ1) is 16.7. The highest BCUT2D eigenvalue weighted by molar-refractivity contribution is 5.86. The molecule has 0 radical (unpaired) electrons. The Hall–Kier alpha value is -3.93. The van der Waals surface area contributed by atoms with Gasteiger partial charge in [0.2, 0.25) is 0 Å². The van der Waals surface area contributed by atoms with Gasteiger partial charge in [0.1, 0.15) is 23.0 Å². The lowest BCUT2D eigenvalue weighted by Gasteiger charge is -2.30. The molecule has 12 heteroatoms. The van der Waals surface area contributed by atoms with Gasteiger partial charge in [-0.2, -0.15) is 13.2 Å². The first-order valence-electron chi connectivity index (χ1n) is 10.8. The Labute approximate surface area is 197 Å². The molecule has 182 valence electrons. The molecule has 1 aliphatic rings. The summed E-state index contributed by atoms with van der Waals surface area (Å²) >= 11 is 0. The van der Waals surface area contributed by atoms with Gasteiger partial charge in [-0.3, -0.25) is 9.30 Å². The maximum atomic E-state index is 14.2. The third kappa shape index (κ3) is 4.32. The van der Waals surface area contributed by atoms with E-state index in [-0.39, 0.29) is 18.7 Å². The highest BCUT2D eigenvalue weighted by Gasteiger charge is 2.47. The van der Waals surface area contributed by atoms with Gasteiger partial charge in [-0.1, -0.05) is 24.3 Å². The number of alkyl halides is 3. The number of pyridine rings is 2. The fourth-order valence-electron chi connectivity index (χ4n) is 4.57. The number of methoxy groups -OCH3 is 1. The number of likely N-dealkylation sites (tertiary alicyclic amines) is 1. The van der Waals surface area contributed by atoms with Crippen LogP contribution in [0, 0.1) is 0 Å². The van der Waals surface area contributed by atoms with Gasteiger partial charge in [-0.25, -0.2) is 9.78 Å². The third-order valence-electron chi connectivity index (χ3n) is 6.10. The molecule has 1 amide bonds. The minimum absolute atomic E-state index is 0.000365. The molecule has 1 aromatic carbocycles. The number of amides is 1. The number of nitrogens with one attached hydrogen (secondary N) is 1. The Morgan fingerprint density at radius 2 is 2.03 bits per heavy atom. The van der Waals surface area contributed by atoms with Gasteiger partial charge in [-0.05, 0) is 30.2 Å². The molecule has 2 N–H and O–H groups in total. The van der Waals surface area contributed by atoms with E-state index in [0.717, 1.165) is 5.39 Å². The van der Waals surface area contributed by atoms with E-state index in [1.54, 1.807) is 12.1 Å². The predicted octanol–water partition coefficient (Wildman–Crippen LogP) is 3.90. The van der Waals surface area contributed by atoms with Crippen molar-refractivity contribution in [3.63, 3.8) is 0 Å². The smallest absolute Gasteiger partial charge is 0.408 e. The largest absolute Gasteiger partial charge is 0.494 e. The number of fused-ring (bicyclic) bond motifs is 2. The molecule has 1 saturated heterocycles. The summed E-state index contributed by atoms with van der Waals surface area (Å²) in [5.74, 6) is 0.858. The number of aromatic nitrogens is 4. The quantitative estimate of drug-likeness (QED) is 0.441. The fraction of sp³-hybridized carbons (Fsp3) is 0.304. The summed E-state index contributed by atoms with van der Waals surface area (Å²) < 4.78 is 49.5. The molecule has 1 fully saturated rings. The summed E-state index contributed by atoms with van der Waals surface area (Å²) in [6.45, 7) is 0.0593. The van der Waals surface area contributed by atoms with Crippen LogP contribution in [0.5, 0.6) is 5.75 Å². The second-order valence-corrected chi connectivity index (χ2v) is 8.32. The molecular weight excluding hydrogens is 465 g/mol. The van der Waals surface area contributed by atoms with Crippen molar-refractivity contribution in [1.82, 2.24) is 29.8 Å². The number of halogens is 3. The minimum Gasteiger partial charge on any atom is -0.494 e. The Balaban J connectivity index is 1.55. The van der Waals surface area contributed by atoms with E-state index < -0.39 is 24.4 Å². The van der Waals surface area contributed by atoms with Gasteiger partial charge in [0.15, 0.2) is 11.5 Å². The summed E-state index contributed by atoms with van der Waals surface area (Å²) in [5.41, 5.74) is 1.41. The van der Waals surface area contributed by atoms with E-state index >= 15 is 0 Å². The van der Waals surface area contributed by atoms with Crippen LogP contribution in [0.25, 0.3) is 28.1 Å². The summed E-state index contributed by atoms with van der Waals surface area (Å²) in [7, 11) is 1.54. The minimum atomic E-state index is -4.57. The van der Waals surface area contributed by atoms with Crippen molar-refractivity contribution >= 4 is 22.6 Å². The van der Waals surface area contributed by atoms with E-state index in [9.17, 15) is 18.0 Å². The topological polar surface area (TPSA) is 105 Å². The molecule has 0 spiro atoms. The average Bonchev–Trinajstić information content (AvgIpc) is 3.44. The van der Waals surface area contributed by atoms with Crippen LogP contribution < -0.4 is 10.1 Å². The van der Waals surface area contributed by atoms with Gasteiger partial charge < -0.3 is 15.2 Å². The number of para-hydroxylation sites is 1. The van der Waals surface area contributed by atoms with E-state index in [2.05, 4.69) is 20.5 Å². The lowest BCUT2D eigenvalue weighted by molar-refractivity contribution is -0.184. The Bertz CT molecular complexity index is 1410. The maximum absolute atomic E-state index is 14.2. The molecule has 4 heterocycles. The highest BCUT2D eigenvalue weighted by Crippen LogP contribution is 2.40. The van der Waals surface area contributed by atoms with Crippen molar-refractivity contribution in [2.24, 2.45) is 0 Å². The van der Waals surface area contributed by atoms with Crippen molar-refractivity contribution in [1.29, 1.82) is 0 Å². The second kappa shape index (κ2) is 8.69. The van der Waals surface area contributed by atoms with Gasteiger partial charge in [0.05, 0.1) is 7.11 Å². The number of nitrogens with zero attached hydrogens (tertiary/aromatic N) is 5. The summed E-state index contributed by atoms with van der Waals surface area (Å²) in [6, 6.07) is 9.44. The van der Waals surface area contributed by atoms with E-state index in [1.807, 2.05) is 18.2 Å². The number of rotatable bonds is 5. The maximum Gasteiger partial charge on any atom is 0.408 e. The summed E-state index contributed by atoms with van der Waals surface area (Å²) in [4.78, 5) is 16.8. The van der Waals surface area contributed by atoms with Crippen LogP contribution in [0.2, 0.25) is 0 Å². The SMILES string of the molecule is COc1cccc2ccc(-c3nnc4ccc([C@H](N5CCC(NC(=O)O)C5)C(F)(F)F)cn34)nc12. The third-order valence-corrected chi connectivity index (χ3v) is 6.10. The second-order valence-electron chi connectivity index (χ2n) is 8.32. The van der Waals surface area contributed by atoms with Crippen molar-refractivity contribution in [3.05, 3.63) is 54.2 Å². The van der Waals surface area contributed by atoms with Crippen molar-refractivity contribution in [2.75, 3.05) is 20.2 Å². The van der Waals surface area contributed by atoms with Crippen molar-refractivity contribution in [3.8, 4) is 17.3 Å². The van der Waals surface area contributed by atoms with Crippen molar-refractivity contribution in [2.45, 2.75) is 24.7 Å². The van der Waals surface area contributed by atoms with Crippen molar-refractivity contribution < 1.29 is 27.8 Å². The van der Waals surface area contributed by atoms with Gasteiger partial charge >= 0.3 is 12.3 Å². The average molecular weight is 486 g/mol. The number of carboxylic acid groups (broad SMARTS) is 1. The monoisotopic (exact) mass is 486 g/mol. The number of carbonyl (C=O) groups is 1. The van der Waals surface area contributed by atoms with E-state index in [0.29, 0.717) is 34.9 Å². The van der Waals surface area contributed by atoms with Gasteiger partial charge in [0.25, 0.3) is 0 Å². The van der Waals surface area contributed by atoms with Crippen LogP contribution in [-0.2, 0) is 0 Å². The molecule has 1 unspecified atom stereocenters. The number of hydrogen-bond donors (Lipinski definition) is 2. The van der Waals surface area contributed by atoms with Crippen LogP contribution in [0.15, 0.2) is 48.7 Å². The van der Waals surface area contributed by atoms with Crippen LogP contribution in [0.4, 0.5) is 18.0 Å². The lowest BCUT2D eigenvalue weighted by Crippen LogP contribution is -2.40. The standard InChI is InChI=1S/C23H21F3N6O3/c1-35-17-4-2-3-13-5-7-16(28-19(13)17)21-30-29-18-8-6-14(11-32(18)21)20(23(24,25)26)31-10-9-15(12-31)27-22(33)34/h2-8,11,15,20,27H,9-10,12H2,1H3,(H,33,34)/t15?,20-/m0/s1. The number of ether oxygens (including phenoxy) is 1. The zero-order chi connectivity index (χ0) is 24.7. The normalized spacial score (nSPS) is 17.7.